The third-order valence-electron chi connectivity index (χ3n) is 2.51. The second-order valence-electron chi connectivity index (χ2n) is 3.68. The molecule has 1 N–H and O–H groups in total. The summed E-state index contributed by atoms with van der Waals surface area (Å²) >= 11 is 5.09. The van der Waals surface area contributed by atoms with Crippen LogP contribution in [0, 0.1) is 18.3 Å². The van der Waals surface area contributed by atoms with Gasteiger partial charge >= 0.3 is 0 Å². The number of aryl methyl sites for hydroxylation is 1. The quantitative estimate of drug-likeness (QED) is 0.917. The predicted octanol–water partition coefficient (Wildman–Crippen LogP) is 4.30. The molecule has 0 fully saturated rings. The molecule has 86 valence electrons. The molecule has 0 aliphatic heterocycles. The minimum absolute atomic E-state index is 0.661. The van der Waals surface area contributed by atoms with Crippen LogP contribution in [0.15, 0.2) is 34.1 Å². The van der Waals surface area contributed by atoms with Crippen molar-refractivity contribution >= 4 is 33.0 Å². The second-order valence-corrected chi connectivity index (χ2v) is 5.60. The molecule has 0 bridgehead atoms. The fraction of sp³-hybridized carbons (Fsp3) is 0.154. The summed E-state index contributed by atoms with van der Waals surface area (Å²) in [5, 5.41) is 14.4. The number of nitrogens with zero attached hydrogens (tertiary/aromatic N) is 1. The first-order chi connectivity index (χ1) is 8.20. The first-order valence-corrected chi connectivity index (χ1v) is 6.84. The van der Waals surface area contributed by atoms with Gasteiger partial charge in [0.25, 0.3) is 0 Å². The smallest absolute Gasteiger partial charge is 0.101 e. The Hall–Kier alpha value is -1.31. The summed E-state index contributed by atoms with van der Waals surface area (Å²) in [5.41, 5.74) is 2.83. The van der Waals surface area contributed by atoms with Crippen LogP contribution in [0.4, 0.5) is 5.69 Å². The van der Waals surface area contributed by atoms with Gasteiger partial charge in [-0.25, -0.2) is 0 Å². The fourth-order valence-corrected chi connectivity index (χ4v) is 2.73. The molecule has 17 heavy (non-hydrogen) atoms. The Morgan fingerprint density at radius 1 is 1.41 bits per heavy atom. The van der Waals surface area contributed by atoms with Crippen molar-refractivity contribution in [1.82, 2.24) is 0 Å². The summed E-state index contributed by atoms with van der Waals surface area (Å²) in [6.45, 7) is 2.86. The van der Waals surface area contributed by atoms with Crippen molar-refractivity contribution in [2.45, 2.75) is 13.5 Å². The van der Waals surface area contributed by atoms with E-state index in [4.69, 9.17) is 5.26 Å². The molecule has 0 unspecified atom stereocenters. The Morgan fingerprint density at radius 3 is 2.88 bits per heavy atom. The number of thiophene rings is 1. The van der Waals surface area contributed by atoms with Gasteiger partial charge in [-0.2, -0.15) is 5.26 Å². The molecule has 2 rings (SSSR count). The molecule has 0 amide bonds. The molecule has 1 aromatic heterocycles. The predicted molar refractivity (Wildman–Crippen MR) is 75.2 cm³/mol. The van der Waals surface area contributed by atoms with E-state index < -0.39 is 0 Å². The molecule has 0 saturated carbocycles. The number of benzene rings is 1. The summed E-state index contributed by atoms with van der Waals surface area (Å²) < 4.78 is 0.923. The van der Waals surface area contributed by atoms with Gasteiger partial charge in [0.15, 0.2) is 0 Å². The van der Waals surface area contributed by atoms with Crippen LogP contribution in [0.3, 0.4) is 0 Å². The lowest BCUT2D eigenvalue weighted by molar-refractivity contribution is 1.16. The van der Waals surface area contributed by atoms with Crippen LogP contribution in [-0.4, -0.2) is 0 Å². The number of nitrogens with one attached hydrogen (secondary N) is 1. The standard InChI is InChI=1S/C13H11BrN2S/c1-9-4-5-17-13(9)8-16-12-3-2-11(14)6-10(12)7-15/h2-6,16H,8H2,1H3. The van der Waals surface area contributed by atoms with Crippen LogP contribution in [-0.2, 0) is 6.54 Å². The van der Waals surface area contributed by atoms with Gasteiger partial charge in [0, 0.05) is 15.9 Å². The van der Waals surface area contributed by atoms with Gasteiger partial charge in [-0.3, -0.25) is 0 Å². The zero-order valence-electron chi connectivity index (χ0n) is 9.33. The topological polar surface area (TPSA) is 35.8 Å². The number of nitriles is 1. The molecule has 1 heterocycles. The number of hydrogen-bond acceptors (Lipinski definition) is 3. The molecule has 0 aliphatic rings. The van der Waals surface area contributed by atoms with E-state index in [9.17, 15) is 0 Å². The van der Waals surface area contributed by atoms with E-state index in [-0.39, 0.29) is 0 Å². The molecule has 0 atom stereocenters. The van der Waals surface area contributed by atoms with E-state index >= 15 is 0 Å². The van der Waals surface area contributed by atoms with E-state index in [0.717, 1.165) is 16.7 Å². The molecule has 4 heteroatoms. The summed E-state index contributed by atoms with van der Waals surface area (Å²) in [6, 6.07) is 9.98. The van der Waals surface area contributed by atoms with Gasteiger partial charge in [-0.05, 0) is 42.1 Å². The Balaban J connectivity index is 2.15. The van der Waals surface area contributed by atoms with Crippen molar-refractivity contribution in [1.29, 1.82) is 5.26 Å². The molecule has 2 nitrogen and oxygen atoms in total. The van der Waals surface area contributed by atoms with Crippen molar-refractivity contribution in [3.05, 3.63) is 50.1 Å². The van der Waals surface area contributed by atoms with Crippen molar-refractivity contribution in [2.24, 2.45) is 0 Å². The van der Waals surface area contributed by atoms with Crippen LogP contribution in [0.1, 0.15) is 16.0 Å². The summed E-state index contributed by atoms with van der Waals surface area (Å²) in [5.74, 6) is 0. The van der Waals surface area contributed by atoms with Crippen molar-refractivity contribution in [3.8, 4) is 6.07 Å². The van der Waals surface area contributed by atoms with Crippen LogP contribution < -0.4 is 5.32 Å². The minimum Gasteiger partial charge on any atom is -0.379 e. The fourth-order valence-electron chi connectivity index (χ4n) is 1.52. The summed E-state index contributed by atoms with van der Waals surface area (Å²) in [6.07, 6.45) is 0. The molecule has 2 aromatic rings. The van der Waals surface area contributed by atoms with E-state index in [1.165, 1.54) is 10.4 Å². The van der Waals surface area contributed by atoms with Crippen LogP contribution in [0.2, 0.25) is 0 Å². The molecular weight excluding hydrogens is 296 g/mol. The maximum Gasteiger partial charge on any atom is 0.101 e. The van der Waals surface area contributed by atoms with Gasteiger partial charge in [-0.15, -0.1) is 11.3 Å². The molecule has 0 radical (unpaired) electrons. The lowest BCUT2D eigenvalue weighted by Crippen LogP contribution is -2.00. The first-order valence-electron chi connectivity index (χ1n) is 5.17. The third-order valence-corrected chi connectivity index (χ3v) is 4.03. The van der Waals surface area contributed by atoms with Gasteiger partial charge in [0.2, 0.25) is 0 Å². The van der Waals surface area contributed by atoms with Crippen molar-refractivity contribution in [3.63, 3.8) is 0 Å². The monoisotopic (exact) mass is 306 g/mol. The highest BCUT2D eigenvalue weighted by Crippen LogP contribution is 2.22. The number of hydrogen-bond donors (Lipinski definition) is 1. The van der Waals surface area contributed by atoms with Crippen molar-refractivity contribution in [2.75, 3.05) is 5.32 Å². The van der Waals surface area contributed by atoms with Crippen molar-refractivity contribution < 1.29 is 0 Å². The maximum absolute atomic E-state index is 9.05. The van der Waals surface area contributed by atoms with Crippen LogP contribution in [0.5, 0.6) is 0 Å². The van der Waals surface area contributed by atoms with Gasteiger partial charge in [-0.1, -0.05) is 15.9 Å². The minimum atomic E-state index is 0.661. The number of halogens is 1. The number of rotatable bonds is 3. The number of anilines is 1. The normalized spacial score (nSPS) is 9.94. The Bertz CT molecular complexity index is 569. The molecular formula is C13H11BrN2S. The van der Waals surface area contributed by atoms with Gasteiger partial charge in [0.05, 0.1) is 11.3 Å². The Labute approximate surface area is 113 Å². The molecule has 0 spiro atoms. The molecule has 0 saturated heterocycles. The first kappa shape index (κ1) is 12.2. The second kappa shape index (κ2) is 5.35. The summed E-state index contributed by atoms with van der Waals surface area (Å²) in [7, 11) is 0. The van der Waals surface area contributed by atoms with E-state index in [1.807, 2.05) is 18.2 Å². The Morgan fingerprint density at radius 2 is 2.24 bits per heavy atom. The maximum atomic E-state index is 9.05. The highest BCUT2D eigenvalue weighted by molar-refractivity contribution is 9.10. The SMILES string of the molecule is Cc1ccsc1CNc1ccc(Br)cc1C#N. The lowest BCUT2D eigenvalue weighted by Gasteiger charge is -2.08. The summed E-state index contributed by atoms with van der Waals surface area (Å²) in [4.78, 5) is 1.30. The van der Waals surface area contributed by atoms with Crippen LogP contribution >= 0.6 is 27.3 Å². The van der Waals surface area contributed by atoms with E-state index in [1.54, 1.807) is 11.3 Å². The molecule has 1 aromatic carbocycles. The van der Waals surface area contributed by atoms with Gasteiger partial charge in [0.1, 0.15) is 6.07 Å². The Kier molecular flexibility index (Phi) is 3.82. The van der Waals surface area contributed by atoms with E-state index in [0.29, 0.717) is 5.56 Å². The average Bonchev–Trinajstić information content (AvgIpc) is 2.73. The van der Waals surface area contributed by atoms with Crippen LogP contribution in [0.25, 0.3) is 0 Å². The average molecular weight is 307 g/mol. The zero-order valence-corrected chi connectivity index (χ0v) is 11.7. The highest BCUT2D eigenvalue weighted by Gasteiger charge is 2.04. The van der Waals surface area contributed by atoms with E-state index in [2.05, 4.69) is 45.7 Å². The lowest BCUT2D eigenvalue weighted by atomic mass is 10.2. The zero-order chi connectivity index (χ0) is 12.3. The third kappa shape index (κ3) is 2.87. The van der Waals surface area contributed by atoms with Gasteiger partial charge < -0.3 is 5.32 Å². The highest BCUT2D eigenvalue weighted by atomic mass is 79.9. The largest absolute Gasteiger partial charge is 0.379 e. The molecule has 0 aliphatic carbocycles.